The van der Waals surface area contributed by atoms with Gasteiger partial charge in [0, 0.05) is 19.8 Å². The number of hydrogen-bond donors (Lipinski definition) is 1. The van der Waals surface area contributed by atoms with E-state index in [-0.39, 0.29) is 15.5 Å². The minimum absolute atomic E-state index is 0.0299. The molecule has 0 aliphatic rings. The monoisotopic (exact) mass is 488 g/mol. The molecule has 0 bridgehead atoms. The molecule has 3 rings (SSSR count). The maximum atomic E-state index is 12.3. The molecule has 0 aliphatic carbocycles. The molecule has 1 N–H and O–H groups in total. The van der Waals surface area contributed by atoms with Gasteiger partial charge in [-0.2, -0.15) is 0 Å². The maximum Gasteiger partial charge on any atom is 0.338 e. The van der Waals surface area contributed by atoms with Crippen LogP contribution in [0, 0.1) is 0 Å². The zero-order valence-electron chi connectivity index (χ0n) is 17.8. The Kier molecular flexibility index (Phi) is 7.70. The Hall–Kier alpha value is -3.40. The minimum Gasteiger partial charge on any atom is -0.457 e. The predicted octanol–water partition coefficient (Wildman–Crippen LogP) is 4.18. The second-order valence-electron chi connectivity index (χ2n) is 7.00. The Bertz CT molecular complexity index is 1250. The molecule has 3 aromatic rings. The second-order valence-corrected chi connectivity index (χ2v) is 9.52. The molecule has 172 valence electrons. The van der Waals surface area contributed by atoms with Crippen molar-refractivity contribution in [1.82, 2.24) is 4.31 Å². The van der Waals surface area contributed by atoms with Gasteiger partial charge in [0.15, 0.2) is 6.61 Å². The first kappa shape index (κ1) is 24.2. The molecule has 0 saturated heterocycles. The molecule has 33 heavy (non-hydrogen) atoms. The number of amides is 1. The average Bonchev–Trinajstić information content (AvgIpc) is 2.79. The fraction of sp³-hybridized carbons (Fsp3) is 0.130. The lowest BCUT2D eigenvalue weighted by molar-refractivity contribution is -0.119. The normalized spacial score (nSPS) is 11.2. The number of anilines is 1. The van der Waals surface area contributed by atoms with Gasteiger partial charge in [0.05, 0.1) is 10.6 Å². The van der Waals surface area contributed by atoms with E-state index in [9.17, 15) is 18.0 Å². The number of esters is 1. The number of carbonyl (C=O) groups excluding carboxylic acids is 2. The Balaban J connectivity index is 1.57. The molecule has 0 aromatic heterocycles. The van der Waals surface area contributed by atoms with Gasteiger partial charge in [0.2, 0.25) is 10.0 Å². The van der Waals surface area contributed by atoms with Crippen molar-refractivity contribution in [1.29, 1.82) is 0 Å². The largest absolute Gasteiger partial charge is 0.457 e. The van der Waals surface area contributed by atoms with Crippen LogP contribution < -0.4 is 10.1 Å². The van der Waals surface area contributed by atoms with E-state index in [4.69, 9.17) is 21.1 Å². The number of ether oxygens (including phenoxy) is 2. The van der Waals surface area contributed by atoms with E-state index in [1.807, 2.05) is 30.3 Å². The Morgan fingerprint density at radius 2 is 1.58 bits per heavy atom. The summed E-state index contributed by atoms with van der Waals surface area (Å²) in [6.07, 6.45) is 0. The lowest BCUT2D eigenvalue weighted by Gasteiger charge is -2.13. The Morgan fingerprint density at radius 3 is 2.21 bits per heavy atom. The van der Waals surface area contributed by atoms with Gasteiger partial charge < -0.3 is 14.8 Å². The molecule has 0 radical (unpaired) electrons. The number of carbonyl (C=O) groups is 2. The van der Waals surface area contributed by atoms with E-state index in [1.165, 1.54) is 26.2 Å². The number of halogens is 1. The summed E-state index contributed by atoms with van der Waals surface area (Å²) in [5.74, 6) is -0.138. The van der Waals surface area contributed by atoms with E-state index in [0.29, 0.717) is 17.2 Å². The smallest absolute Gasteiger partial charge is 0.338 e. The van der Waals surface area contributed by atoms with Gasteiger partial charge in [-0.3, -0.25) is 4.79 Å². The van der Waals surface area contributed by atoms with E-state index in [2.05, 4.69) is 5.32 Å². The minimum atomic E-state index is -3.86. The SMILES string of the molecule is CN(C)S(=O)(=O)c1cc(C(=O)OCC(=O)Nc2ccc(Oc3ccccc3)cc2)ccc1Cl. The molecule has 0 aliphatic heterocycles. The molecule has 8 nitrogen and oxygen atoms in total. The summed E-state index contributed by atoms with van der Waals surface area (Å²) in [5.41, 5.74) is 0.442. The van der Waals surface area contributed by atoms with Gasteiger partial charge in [0.1, 0.15) is 16.4 Å². The molecule has 0 atom stereocenters. The molecule has 0 spiro atoms. The zero-order chi connectivity index (χ0) is 24.0. The third kappa shape index (κ3) is 6.32. The second kappa shape index (κ2) is 10.5. The molecule has 10 heteroatoms. The standard InChI is InChI=1S/C23H21ClN2O6S/c1-26(2)33(29,30)21-14-16(8-13-20(21)24)23(28)31-15-22(27)25-17-9-11-19(12-10-17)32-18-6-4-3-5-7-18/h3-14H,15H2,1-2H3,(H,25,27). The highest BCUT2D eigenvalue weighted by Crippen LogP contribution is 2.25. The lowest BCUT2D eigenvalue weighted by Crippen LogP contribution is -2.23. The van der Waals surface area contributed by atoms with E-state index in [1.54, 1.807) is 24.3 Å². The van der Waals surface area contributed by atoms with Crippen molar-refractivity contribution in [2.45, 2.75) is 4.90 Å². The van der Waals surface area contributed by atoms with Crippen LogP contribution in [0.2, 0.25) is 5.02 Å². The third-order valence-electron chi connectivity index (χ3n) is 4.38. The summed E-state index contributed by atoms with van der Waals surface area (Å²) in [7, 11) is -1.16. The number of benzene rings is 3. The average molecular weight is 489 g/mol. The van der Waals surface area contributed by atoms with Gasteiger partial charge in [-0.15, -0.1) is 0 Å². The van der Waals surface area contributed by atoms with Crippen LogP contribution in [-0.2, 0) is 19.6 Å². The quantitative estimate of drug-likeness (QED) is 0.477. The first-order valence-electron chi connectivity index (χ1n) is 9.69. The van der Waals surface area contributed by atoms with Crippen LogP contribution in [0.1, 0.15) is 10.4 Å². The predicted molar refractivity (Wildman–Crippen MR) is 124 cm³/mol. The summed E-state index contributed by atoms with van der Waals surface area (Å²) in [5, 5.41) is 2.57. The summed E-state index contributed by atoms with van der Waals surface area (Å²) < 4.78 is 36.3. The van der Waals surface area contributed by atoms with Crippen molar-refractivity contribution in [3.05, 3.63) is 83.4 Å². The fourth-order valence-electron chi connectivity index (χ4n) is 2.67. The number of hydrogen-bond acceptors (Lipinski definition) is 6. The number of rotatable bonds is 8. The van der Waals surface area contributed by atoms with Crippen molar-refractivity contribution in [3.8, 4) is 11.5 Å². The number of para-hydroxylation sites is 1. The van der Waals surface area contributed by atoms with E-state index >= 15 is 0 Å². The van der Waals surface area contributed by atoms with Crippen molar-refractivity contribution in [2.75, 3.05) is 26.0 Å². The van der Waals surface area contributed by atoms with Crippen LogP contribution in [0.25, 0.3) is 0 Å². The summed E-state index contributed by atoms with van der Waals surface area (Å²) in [6, 6.07) is 19.6. The Labute approximate surface area is 196 Å². The highest BCUT2D eigenvalue weighted by molar-refractivity contribution is 7.89. The first-order valence-corrected chi connectivity index (χ1v) is 11.5. The van der Waals surface area contributed by atoms with Crippen molar-refractivity contribution in [3.63, 3.8) is 0 Å². The molecule has 3 aromatic carbocycles. The summed E-state index contributed by atoms with van der Waals surface area (Å²) >= 11 is 5.97. The molecular formula is C23H21ClN2O6S. The Morgan fingerprint density at radius 1 is 0.939 bits per heavy atom. The summed E-state index contributed by atoms with van der Waals surface area (Å²) in [4.78, 5) is 24.2. The molecule has 0 fully saturated rings. The first-order chi connectivity index (χ1) is 15.7. The van der Waals surface area contributed by atoms with Gasteiger partial charge in [-0.25, -0.2) is 17.5 Å². The van der Waals surface area contributed by atoms with Crippen molar-refractivity contribution in [2.24, 2.45) is 0 Å². The van der Waals surface area contributed by atoms with Gasteiger partial charge in [-0.05, 0) is 54.6 Å². The topological polar surface area (TPSA) is 102 Å². The molecule has 0 saturated carbocycles. The van der Waals surface area contributed by atoms with Crippen LogP contribution in [0.3, 0.4) is 0 Å². The van der Waals surface area contributed by atoms with Crippen molar-refractivity contribution >= 4 is 39.2 Å². The van der Waals surface area contributed by atoms with Crippen LogP contribution in [0.5, 0.6) is 11.5 Å². The lowest BCUT2D eigenvalue weighted by atomic mass is 10.2. The zero-order valence-corrected chi connectivity index (χ0v) is 19.4. The maximum absolute atomic E-state index is 12.3. The van der Waals surface area contributed by atoms with Gasteiger partial charge in [0.25, 0.3) is 5.91 Å². The molecule has 0 heterocycles. The van der Waals surface area contributed by atoms with E-state index in [0.717, 1.165) is 10.4 Å². The third-order valence-corrected chi connectivity index (χ3v) is 6.67. The highest BCUT2D eigenvalue weighted by Gasteiger charge is 2.23. The number of nitrogens with one attached hydrogen (secondary N) is 1. The highest BCUT2D eigenvalue weighted by atomic mass is 35.5. The van der Waals surface area contributed by atoms with Crippen molar-refractivity contribution < 1.29 is 27.5 Å². The van der Waals surface area contributed by atoms with Crippen LogP contribution >= 0.6 is 11.6 Å². The molecule has 0 unspecified atom stereocenters. The van der Waals surface area contributed by atoms with Crippen LogP contribution in [0.4, 0.5) is 5.69 Å². The van der Waals surface area contributed by atoms with Gasteiger partial charge in [-0.1, -0.05) is 29.8 Å². The van der Waals surface area contributed by atoms with Crippen LogP contribution in [0.15, 0.2) is 77.7 Å². The number of nitrogens with zero attached hydrogens (tertiary/aromatic N) is 1. The van der Waals surface area contributed by atoms with Gasteiger partial charge >= 0.3 is 5.97 Å². The van der Waals surface area contributed by atoms with Crippen LogP contribution in [-0.4, -0.2) is 45.3 Å². The fourth-order valence-corrected chi connectivity index (χ4v) is 4.06. The molecular weight excluding hydrogens is 468 g/mol. The summed E-state index contributed by atoms with van der Waals surface area (Å²) in [6.45, 7) is -0.556. The van der Waals surface area contributed by atoms with E-state index < -0.39 is 28.5 Å². The molecule has 1 amide bonds. The number of sulfonamides is 1.